The van der Waals surface area contributed by atoms with E-state index >= 15 is 0 Å². The number of aliphatic hydroxyl groups excluding tert-OH is 1. The highest BCUT2D eigenvalue weighted by molar-refractivity contribution is 6.51. The minimum Gasteiger partial charge on any atom is -0.507 e. The SMILES string of the molecule is COc1ccc(C2/C(=C(/O)c3ccc(Cl)cc3)C(=O)C(=O)N2c2ccc(N(C)C)cc2)cc1OC. The maximum absolute atomic E-state index is 13.3. The summed E-state index contributed by atoms with van der Waals surface area (Å²) >= 11 is 6.00. The Morgan fingerprint density at radius 1 is 0.914 bits per heavy atom. The molecule has 8 heteroatoms. The predicted molar refractivity (Wildman–Crippen MR) is 137 cm³/mol. The van der Waals surface area contributed by atoms with Crippen LogP contribution in [0.3, 0.4) is 0 Å². The van der Waals surface area contributed by atoms with E-state index in [0.29, 0.717) is 33.3 Å². The van der Waals surface area contributed by atoms with Crippen LogP contribution in [-0.4, -0.2) is 45.1 Å². The van der Waals surface area contributed by atoms with E-state index < -0.39 is 17.7 Å². The van der Waals surface area contributed by atoms with Crippen molar-refractivity contribution < 1.29 is 24.2 Å². The van der Waals surface area contributed by atoms with Crippen molar-refractivity contribution in [2.45, 2.75) is 6.04 Å². The van der Waals surface area contributed by atoms with E-state index in [1.807, 2.05) is 31.1 Å². The van der Waals surface area contributed by atoms with Crippen molar-refractivity contribution in [1.82, 2.24) is 0 Å². The lowest BCUT2D eigenvalue weighted by Crippen LogP contribution is -2.29. The zero-order valence-corrected chi connectivity index (χ0v) is 20.5. The molecule has 180 valence electrons. The Kier molecular flexibility index (Phi) is 6.71. The number of carbonyl (C=O) groups excluding carboxylic acids is 2. The zero-order valence-electron chi connectivity index (χ0n) is 19.8. The number of ketones is 1. The van der Waals surface area contributed by atoms with E-state index in [-0.39, 0.29) is 11.3 Å². The van der Waals surface area contributed by atoms with Gasteiger partial charge in [0.1, 0.15) is 5.76 Å². The number of hydrogen-bond donors (Lipinski definition) is 1. The average molecular weight is 493 g/mol. The maximum atomic E-state index is 13.3. The van der Waals surface area contributed by atoms with Crippen LogP contribution in [0.25, 0.3) is 5.76 Å². The van der Waals surface area contributed by atoms with Crippen molar-refractivity contribution in [3.8, 4) is 11.5 Å². The smallest absolute Gasteiger partial charge is 0.300 e. The molecule has 1 unspecified atom stereocenters. The number of aliphatic hydroxyl groups is 1. The number of benzene rings is 3. The summed E-state index contributed by atoms with van der Waals surface area (Å²) in [6.07, 6.45) is 0. The lowest BCUT2D eigenvalue weighted by atomic mass is 9.94. The zero-order chi connectivity index (χ0) is 25.3. The topological polar surface area (TPSA) is 79.3 Å². The fourth-order valence-corrected chi connectivity index (χ4v) is 4.24. The first-order valence-electron chi connectivity index (χ1n) is 10.8. The molecule has 1 aliphatic rings. The maximum Gasteiger partial charge on any atom is 0.300 e. The molecule has 1 atom stereocenters. The van der Waals surface area contributed by atoms with Gasteiger partial charge in [-0.2, -0.15) is 0 Å². The number of Topliss-reactive ketones (excluding diaryl/α,β-unsaturated/α-hetero) is 1. The summed E-state index contributed by atoms with van der Waals surface area (Å²) in [6.45, 7) is 0. The van der Waals surface area contributed by atoms with E-state index in [4.69, 9.17) is 21.1 Å². The number of hydrogen-bond acceptors (Lipinski definition) is 6. The molecule has 1 N–H and O–H groups in total. The Labute approximate surface area is 208 Å². The molecule has 0 aromatic heterocycles. The van der Waals surface area contributed by atoms with Crippen molar-refractivity contribution in [3.05, 3.63) is 88.5 Å². The standard InChI is InChI=1S/C27H25ClN2O5/c1-29(2)19-10-12-20(13-11-19)30-24(17-7-14-21(34-3)22(15-17)35-4)23(26(32)27(30)33)25(31)16-5-8-18(28)9-6-16/h5-15,24,31H,1-4H3/b25-23-. The molecule has 0 saturated carbocycles. The Hall–Kier alpha value is -3.97. The van der Waals surface area contributed by atoms with Gasteiger partial charge in [-0.15, -0.1) is 0 Å². The van der Waals surface area contributed by atoms with E-state index in [1.165, 1.54) is 19.1 Å². The largest absolute Gasteiger partial charge is 0.507 e. The van der Waals surface area contributed by atoms with Crippen molar-refractivity contribution in [2.75, 3.05) is 38.1 Å². The molecule has 1 fully saturated rings. The predicted octanol–water partition coefficient (Wildman–Crippen LogP) is 5.05. The summed E-state index contributed by atoms with van der Waals surface area (Å²) in [5.41, 5.74) is 2.39. The fourth-order valence-electron chi connectivity index (χ4n) is 4.11. The molecule has 0 bridgehead atoms. The number of anilines is 2. The third kappa shape index (κ3) is 4.42. The van der Waals surface area contributed by atoms with E-state index in [1.54, 1.807) is 54.6 Å². The molecule has 1 aliphatic heterocycles. The first kappa shape index (κ1) is 24.2. The van der Waals surface area contributed by atoms with Gasteiger partial charge in [0, 0.05) is 36.1 Å². The molecule has 1 saturated heterocycles. The van der Waals surface area contributed by atoms with Crippen LogP contribution >= 0.6 is 11.6 Å². The quantitative estimate of drug-likeness (QED) is 0.295. The molecular weight excluding hydrogens is 468 g/mol. The lowest BCUT2D eigenvalue weighted by molar-refractivity contribution is -0.132. The third-order valence-electron chi connectivity index (χ3n) is 5.93. The minimum atomic E-state index is -0.893. The number of halogens is 1. The molecule has 1 heterocycles. The number of amides is 1. The molecule has 0 spiro atoms. The van der Waals surface area contributed by atoms with Crippen LogP contribution in [-0.2, 0) is 9.59 Å². The third-order valence-corrected chi connectivity index (χ3v) is 6.18. The Bertz CT molecular complexity index is 1300. The number of carbonyl (C=O) groups is 2. The second-order valence-electron chi connectivity index (χ2n) is 8.20. The average Bonchev–Trinajstić information content (AvgIpc) is 3.13. The monoisotopic (exact) mass is 492 g/mol. The highest BCUT2D eigenvalue weighted by Crippen LogP contribution is 2.44. The van der Waals surface area contributed by atoms with Gasteiger partial charge in [0.25, 0.3) is 11.7 Å². The first-order valence-corrected chi connectivity index (χ1v) is 11.2. The Morgan fingerprint density at radius 2 is 1.54 bits per heavy atom. The van der Waals surface area contributed by atoms with Gasteiger partial charge in [0.2, 0.25) is 0 Å². The van der Waals surface area contributed by atoms with Gasteiger partial charge in [-0.25, -0.2) is 0 Å². The number of rotatable bonds is 6. The summed E-state index contributed by atoms with van der Waals surface area (Å²) in [6, 6.07) is 17.9. The first-order chi connectivity index (χ1) is 16.8. The van der Waals surface area contributed by atoms with Gasteiger partial charge < -0.3 is 19.5 Å². The van der Waals surface area contributed by atoms with Crippen molar-refractivity contribution >= 4 is 40.4 Å². The van der Waals surface area contributed by atoms with Crippen LogP contribution in [0.15, 0.2) is 72.3 Å². The van der Waals surface area contributed by atoms with Gasteiger partial charge in [-0.05, 0) is 66.2 Å². The van der Waals surface area contributed by atoms with Crippen LogP contribution in [0.5, 0.6) is 11.5 Å². The second kappa shape index (κ2) is 9.72. The molecule has 0 radical (unpaired) electrons. The van der Waals surface area contributed by atoms with Crippen LogP contribution in [0.2, 0.25) is 5.02 Å². The Balaban J connectivity index is 1.93. The number of methoxy groups -OCH3 is 2. The van der Waals surface area contributed by atoms with Crippen LogP contribution in [0.4, 0.5) is 11.4 Å². The van der Waals surface area contributed by atoms with Crippen molar-refractivity contribution in [2.24, 2.45) is 0 Å². The van der Waals surface area contributed by atoms with Crippen molar-refractivity contribution in [1.29, 1.82) is 0 Å². The second-order valence-corrected chi connectivity index (χ2v) is 8.64. The van der Waals surface area contributed by atoms with Crippen LogP contribution in [0, 0.1) is 0 Å². The van der Waals surface area contributed by atoms with E-state index in [2.05, 4.69) is 0 Å². The van der Waals surface area contributed by atoms with Gasteiger partial charge >= 0.3 is 0 Å². The summed E-state index contributed by atoms with van der Waals surface area (Å²) in [7, 11) is 6.86. The molecule has 35 heavy (non-hydrogen) atoms. The minimum absolute atomic E-state index is 0.0266. The van der Waals surface area contributed by atoms with E-state index in [0.717, 1.165) is 5.69 Å². The van der Waals surface area contributed by atoms with Gasteiger partial charge in [0.15, 0.2) is 11.5 Å². The fraction of sp³-hybridized carbons (Fsp3) is 0.185. The Morgan fingerprint density at radius 3 is 2.11 bits per heavy atom. The lowest BCUT2D eigenvalue weighted by Gasteiger charge is -2.26. The molecular formula is C27H25ClN2O5. The summed E-state index contributed by atoms with van der Waals surface area (Å²) in [5, 5.41) is 11.7. The molecule has 3 aromatic carbocycles. The molecule has 0 aliphatic carbocycles. The van der Waals surface area contributed by atoms with Gasteiger partial charge in [-0.1, -0.05) is 17.7 Å². The molecule has 7 nitrogen and oxygen atoms in total. The molecule has 4 rings (SSSR count). The van der Waals surface area contributed by atoms with Gasteiger partial charge in [0.05, 0.1) is 25.8 Å². The number of nitrogens with zero attached hydrogens (tertiary/aromatic N) is 2. The summed E-state index contributed by atoms with van der Waals surface area (Å²) in [5.74, 6) is -0.870. The summed E-state index contributed by atoms with van der Waals surface area (Å²) < 4.78 is 10.8. The normalized spacial score (nSPS) is 16.9. The van der Waals surface area contributed by atoms with Crippen molar-refractivity contribution in [3.63, 3.8) is 0 Å². The highest BCUT2D eigenvalue weighted by Gasteiger charge is 2.47. The molecule has 1 amide bonds. The van der Waals surface area contributed by atoms with E-state index in [9.17, 15) is 14.7 Å². The number of ether oxygens (including phenoxy) is 2. The highest BCUT2D eigenvalue weighted by atomic mass is 35.5. The van der Waals surface area contributed by atoms with Gasteiger partial charge in [-0.3, -0.25) is 14.5 Å². The van der Waals surface area contributed by atoms with Crippen LogP contribution < -0.4 is 19.3 Å². The van der Waals surface area contributed by atoms with Crippen LogP contribution in [0.1, 0.15) is 17.2 Å². The molecule has 3 aromatic rings. The summed E-state index contributed by atoms with van der Waals surface area (Å²) in [4.78, 5) is 30.0.